The molecule has 0 radical (unpaired) electrons. The van der Waals surface area contributed by atoms with Crippen molar-refractivity contribution >= 4 is 33.4 Å². The maximum atomic E-state index is 13.7. The molecular formula is C26H34ClN3O4S. The summed E-state index contributed by atoms with van der Waals surface area (Å²) in [5.41, 5.74) is 0.974. The fourth-order valence-electron chi connectivity index (χ4n) is 4.37. The first-order valence-electron chi connectivity index (χ1n) is 12.1. The molecule has 1 fully saturated rings. The number of nitrogens with zero attached hydrogens (tertiary/aromatic N) is 3. The first-order valence-corrected chi connectivity index (χ1v) is 13.9. The third kappa shape index (κ3) is 7.06. The molecule has 2 amide bonds. The largest absolute Gasteiger partial charge is 0.341 e. The van der Waals surface area contributed by atoms with Crippen LogP contribution in [0.3, 0.4) is 0 Å². The number of hydrogen-bond acceptors (Lipinski definition) is 4. The summed E-state index contributed by atoms with van der Waals surface area (Å²) >= 11 is 5.98. The molecule has 0 bridgehead atoms. The van der Waals surface area contributed by atoms with E-state index in [0.717, 1.165) is 5.56 Å². The summed E-state index contributed by atoms with van der Waals surface area (Å²) in [7, 11) is -3.81. The Bertz CT molecular complexity index is 1070. The second-order valence-electron chi connectivity index (χ2n) is 8.83. The van der Waals surface area contributed by atoms with E-state index in [9.17, 15) is 18.0 Å². The summed E-state index contributed by atoms with van der Waals surface area (Å²) in [5.74, 6) is -0.341. The molecule has 1 heterocycles. The van der Waals surface area contributed by atoms with Crippen LogP contribution in [0.15, 0.2) is 65.6 Å². The number of piperidine rings is 1. The summed E-state index contributed by atoms with van der Waals surface area (Å²) < 4.78 is 27.9. The fraction of sp³-hybridized carbons (Fsp3) is 0.462. The molecular weight excluding hydrogens is 486 g/mol. The molecule has 1 saturated heterocycles. The minimum Gasteiger partial charge on any atom is -0.341 e. The van der Waals surface area contributed by atoms with Crippen LogP contribution in [0.1, 0.15) is 38.7 Å². The van der Waals surface area contributed by atoms with Gasteiger partial charge in [0.25, 0.3) is 0 Å². The Kier molecular flexibility index (Phi) is 9.71. The monoisotopic (exact) mass is 519 g/mol. The van der Waals surface area contributed by atoms with Crippen molar-refractivity contribution < 1.29 is 18.0 Å². The number of hydrogen-bond donors (Lipinski definition) is 0. The SMILES string of the molecule is CCCN(CC(=O)N(Cc1ccccc1)C1CCN(C(=O)[C@@H](C)Cl)CC1)S(=O)(=O)c1ccccc1. The van der Waals surface area contributed by atoms with Gasteiger partial charge >= 0.3 is 0 Å². The van der Waals surface area contributed by atoms with E-state index in [2.05, 4.69) is 0 Å². The first kappa shape index (κ1) is 27.2. The van der Waals surface area contributed by atoms with Crippen molar-refractivity contribution in [3.63, 3.8) is 0 Å². The smallest absolute Gasteiger partial charge is 0.243 e. The second-order valence-corrected chi connectivity index (χ2v) is 11.4. The quantitative estimate of drug-likeness (QED) is 0.448. The number of alkyl halides is 1. The van der Waals surface area contributed by atoms with Gasteiger partial charge in [-0.25, -0.2) is 8.42 Å². The van der Waals surface area contributed by atoms with Gasteiger partial charge in [-0.15, -0.1) is 11.6 Å². The Labute approximate surface area is 213 Å². The highest BCUT2D eigenvalue weighted by molar-refractivity contribution is 7.89. The summed E-state index contributed by atoms with van der Waals surface area (Å²) in [6, 6.07) is 17.8. The highest BCUT2D eigenvalue weighted by Crippen LogP contribution is 2.22. The van der Waals surface area contributed by atoms with Gasteiger partial charge in [-0.3, -0.25) is 9.59 Å². The minimum absolute atomic E-state index is 0.0970. The number of rotatable bonds is 10. The van der Waals surface area contributed by atoms with Crippen LogP contribution in [0, 0.1) is 0 Å². The molecule has 0 saturated carbocycles. The highest BCUT2D eigenvalue weighted by atomic mass is 35.5. The molecule has 190 valence electrons. The van der Waals surface area contributed by atoms with Crippen molar-refractivity contribution in [1.29, 1.82) is 0 Å². The highest BCUT2D eigenvalue weighted by Gasteiger charge is 2.33. The van der Waals surface area contributed by atoms with Gasteiger partial charge < -0.3 is 9.80 Å². The van der Waals surface area contributed by atoms with Crippen LogP contribution in [-0.2, 0) is 26.2 Å². The third-order valence-electron chi connectivity index (χ3n) is 6.24. The van der Waals surface area contributed by atoms with E-state index >= 15 is 0 Å². The summed E-state index contributed by atoms with van der Waals surface area (Å²) in [5, 5.41) is -0.584. The van der Waals surface area contributed by atoms with Gasteiger partial charge in [-0.1, -0.05) is 55.5 Å². The van der Waals surface area contributed by atoms with Crippen LogP contribution in [0.2, 0.25) is 0 Å². The zero-order valence-corrected chi connectivity index (χ0v) is 21.9. The van der Waals surface area contributed by atoms with Gasteiger partial charge in [-0.05, 0) is 43.9 Å². The van der Waals surface area contributed by atoms with Gasteiger partial charge in [0.2, 0.25) is 21.8 Å². The fourth-order valence-corrected chi connectivity index (χ4v) is 6.01. The number of benzene rings is 2. The Morgan fingerprint density at radius 3 is 2.14 bits per heavy atom. The number of carbonyl (C=O) groups is 2. The Morgan fingerprint density at radius 1 is 1.03 bits per heavy atom. The molecule has 1 atom stereocenters. The normalized spacial score (nSPS) is 15.7. The number of halogens is 1. The predicted molar refractivity (Wildman–Crippen MR) is 137 cm³/mol. The van der Waals surface area contributed by atoms with Crippen molar-refractivity contribution in [3.8, 4) is 0 Å². The number of carbonyl (C=O) groups excluding carboxylic acids is 2. The van der Waals surface area contributed by atoms with Crippen molar-refractivity contribution in [1.82, 2.24) is 14.1 Å². The van der Waals surface area contributed by atoms with Crippen LogP contribution in [0.4, 0.5) is 0 Å². The van der Waals surface area contributed by atoms with E-state index < -0.39 is 15.4 Å². The zero-order valence-electron chi connectivity index (χ0n) is 20.3. The van der Waals surface area contributed by atoms with Gasteiger partial charge in [0.15, 0.2) is 0 Å². The van der Waals surface area contributed by atoms with E-state index in [1.807, 2.05) is 37.3 Å². The van der Waals surface area contributed by atoms with E-state index in [0.29, 0.717) is 38.9 Å². The molecule has 0 aliphatic carbocycles. The molecule has 0 aromatic heterocycles. The van der Waals surface area contributed by atoms with Gasteiger partial charge in [-0.2, -0.15) is 4.31 Å². The minimum atomic E-state index is -3.81. The Balaban J connectivity index is 1.81. The molecule has 0 N–H and O–H groups in total. The number of likely N-dealkylation sites (tertiary alicyclic amines) is 1. The van der Waals surface area contributed by atoms with Crippen LogP contribution in [-0.4, -0.2) is 71.9 Å². The summed E-state index contributed by atoms with van der Waals surface area (Å²) in [6.45, 7) is 5.00. The maximum Gasteiger partial charge on any atom is 0.243 e. The van der Waals surface area contributed by atoms with Crippen molar-refractivity contribution in [3.05, 3.63) is 66.2 Å². The average Bonchev–Trinajstić information content (AvgIpc) is 2.87. The number of amides is 2. The van der Waals surface area contributed by atoms with Crippen LogP contribution in [0.25, 0.3) is 0 Å². The van der Waals surface area contributed by atoms with Crippen molar-refractivity contribution in [2.24, 2.45) is 0 Å². The molecule has 2 aromatic carbocycles. The summed E-state index contributed by atoms with van der Waals surface area (Å²) in [4.78, 5) is 29.7. The maximum absolute atomic E-state index is 13.7. The molecule has 1 aliphatic rings. The van der Waals surface area contributed by atoms with E-state index in [1.54, 1.807) is 47.1 Å². The third-order valence-corrected chi connectivity index (χ3v) is 8.28. The lowest BCUT2D eigenvalue weighted by atomic mass is 10.0. The second kappa shape index (κ2) is 12.5. The molecule has 0 spiro atoms. The molecule has 7 nitrogen and oxygen atoms in total. The zero-order chi connectivity index (χ0) is 25.4. The molecule has 35 heavy (non-hydrogen) atoms. The van der Waals surface area contributed by atoms with Gasteiger partial charge in [0, 0.05) is 32.2 Å². The van der Waals surface area contributed by atoms with E-state index in [1.165, 1.54) is 4.31 Å². The lowest BCUT2D eigenvalue weighted by molar-refractivity contribution is -0.137. The Morgan fingerprint density at radius 2 is 1.60 bits per heavy atom. The Hall–Kier alpha value is -2.42. The molecule has 0 unspecified atom stereocenters. The number of sulfonamides is 1. The van der Waals surface area contributed by atoms with Gasteiger partial charge in [0.1, 0.15) is 5.38 Å². The molecule has 3 rings (SSSR count). The first-order chi connectivity index (χ1) is 16.7. The van der Waals surface area contributed by atoms with Crippen LogP contribution >= 0.6 is 11.6 Å². The van der Waals surface area contributed by atoms with E-state index in [4.69, 9.17) is 11.6 Å². The van der Waals surface area contributed by atoms with Crippen LogP contribution in [0.5, 0.6) is 0 Å². The predicted octanol–water partition coefficient (Wildman–Crippen LogP) is 3.73. The average molecular weight is 520 g/mol. The van der Waals surface area contributed by atoms with E-state index in [-0.39, 0.29) is 35.8 Å². The molecule has 9 heteroatoms. The van der Waals surface area contributed by atoms with Crippen molar-refractivity contribution in [2.45, 2.75) is 56.0 Å². The van der Waals surface area contributed by atoms with Gasteiger partial charge in [0.05, 0.1) is 11.4 Å². The summed E-state index contributed by atoms with van der Waals surface area (Å²) in [6.07, 6.45) is 1.83. The lowest BCUT2D eigenvalue weighted by Gasteiger charge is -2.39. The standard InChI is InChI=1S/C26H34ClN3O4S/c1-3-16-29(35(33,34)24-12-8-5-9-13-24)20-25(31)30(19-22-10-6-4-7-11-22)23-14-17-28(18-15-23)26(32)21(2)27/h4-13,21,23H,3,14-20H2,1-2H3/t21-/m1/s1. The molecule has 1 aliphatic heterocycles. The van der Waals surface area contributed by atoms with Crippen molar-refractivity contribution in [2.75, 3.05) is 26.2 Å². The van der Waals surface area contributed by atoms with Crippen LogP contribution < -0.4 is 0 Å². The molecule has 2 aromatic rings. The topological polar surface area (TPSA) is 78.0 Å². The lowest BCUT2D eigenvalue weighted by Crippen LogP contribution is -2.52.